The Kier molecular flexibility index (Phi) is 6.97. The van der Waals surface area contributed by atoms with Crippen molar-refractivity contribution < 1.29 is 18.7 Å². The number of carbonyl (C=O) groups excluding carboxylic acids is 1. The Morgan fingerprint density at radius 3 is 2.78 bits per heavy atom. The second-order valence-corrected chi connectivity index (χ2v) is 7.39. The van der Waals surface area contributed by atoms with Crippen LogP contribution < -0.4 is 4.74 Å². The highest BCUT2D eigenvalue weighted by molar-refractivity contribution is 9.10. The van der Waals surface area contributed by atoms with Crippen LogP contribution in [-0.2, 0) is 16.1 Å². The van der Waals surface area contributed by atoms with Crippen LogP contribution in [0.3, 0.4) is 0 Å². The Hall–Kier alpha value is -2.23. The van der Waals surface area contributed by atoms with Crippen LogP contribution >= 0.6 is 27.3 Å². The van der Waals surface area contributed by atoms with Gasteiger partial charge in [-0.2, -0.15) is 0 Å². The second-order valence-electron chi connectivity index (χ2n) is 5.53. The van der Waals surface area contributed by atoms with Crippen LogP contribution in [0.1, 0.15) is 5.89 Å². The number of benzene rings is 1. The standard InChI is InChI=1S/C18H18BrN3O4S/c1-24-9-8-22(17(23)12-25-14-6-4-13(19)5-7-14)11-16-20-21-18(26-16)15-3-2-10-27-15/h2-7,10H,8-9,11-12H2,1H3. The number of halogens is 1. The lowest BCUT2D eigenvalue weighted by atomic mass is 10.3. The predicted molar refractivity (Wildman–Crippen MR) is 105 cm³/mol. The number of hydrogen-bond donors (Lipinski definition) is 0. The molecule has 0 saturated carbocycles. The van der Waals surface area contributed by atoms with Crippen molar-refractivity contribution in [2.24, 2.45) is 0 Å². The van der Waals surface area contributed by atoms with Crippen LogP contribution in [0, 0.1) is 0 Å². The molecule has 0 atom stereocenters. The van der Waals surface area contributed by atoms with E-state index in [4.69, 9.17) is 13.9 Å². The van der Waals surface area contributed by atoms with Gasteiger partial charge in [-0.15, -0.1) is 21.5 Å². The molecule has 0 fully saturated rings. The zero-order chi connectivity index (χ0) is 19.1. The minimum Gasteiger partial charge on any atom is -0.484 e. The summed E-state index contributed by atoms with van der Waals surface area (Å²) in [5.41, 5.74) is 0. The van der Waals surface area contributed by atoms with E-state index in [0.29, 0.717) is 30.7 Å². The molecule has 0 aliphatic rings. The number of aromatic nitrogens is 2. The van der Waals surface area contributed by atoms with Gasteiger partial charge < -0.3 is 18.8 Å². The lowest BCUT2D eigenvalue weighted by molar-refractivity contribution is -0.135. The molecule has 2 aromatic heterocycles. The van der Waals surface area contributed by atoms with Crippen molar-refractivity contribution in [3.05, 3.63) is 52.1 Å². The van der Waals surface area contributed by atoms with Gasteiger partial charge in [-0.1, -0.05) is 22.0 Å². The normalized spacial score (nSPS) is 10.7. The van der Waals surface area contributed by atoms with Gasteiger partial charge in [-0.3, -0.25) is 4.79 Å². The second kappa shape index (κ2) is 9.63. The van der Waals surface area contributed by atoms with Crippen molar-refractivity contribution in [2.75, 3.05) is 26.9 Å². The van der Waals surface area contributed by atoms with E-state index in [-0.39, 0.29) is 19.1 Å². The number of nitrogens with zero attached hydrogens (tertiary/aromatic N) is 3. The Labute approximate surface area is 169 Å². The Bertz CT molecular complexity index is 852. The number of ether oxygens (including phenoxy) is 2. The summed E-state index contributed by atoms with van der Waals surface area (Å²) in [5.74, 6) is 1.25. The molecule has 9 heteroatoms. The van der Waals surface area contributed by atoms with E-state index in [0.717, 1.165) is 9.35 Å². The fourth-order valence-corrected chi connectivity index (χ4v) is 3.15. The van der Waals surface area contributed by atoms with Crippen LogP contribution in [0.4, 0.5) is 0 Å². The van der Waals surface area contributed by atoms with Gasteiger partial charge in [0.2, 0.25) is 5.89 Å². The van der Waals surface area contributed by atoms with Crippen LogP contribution in [0.15, 0.2) is 50.7 Å². The molecule has 0 bridgehead atoms. The fraction of sp³-hybridized carbons (Fsp3) is 0.278. The highest BCUT2D eigenvalue weighted by Gasteiger charge is 2.19. The largest absolute Gasteiger partial charge is 0.484 e. The van der Waals surface area contributed by atoms with Crippen molar-refractivity contribution in [1.29, 1.82) is 0 Å². The summed E-state index contributed by atoms with van der Waals surface area (Å²) in [6.45, 7) is 0.910. The van der Waals surface area contributed by atoms with Gasteiger partial charge in [0.05, 0.1) is 18.0 Å². The number of carbonyl (C=O) groups is 1. The van der Waals surface area contributed by atoms with Gasteiger partial charge in [0.1, 0.15) is 5.75 Å². The van der Waals surface area contributed by atoms with Gasteiger partial charge in [0.15, 0.2) is 6.61 Å². The zero-order valence-corrected chi connectivity index (χ0v) is 17.0. The van der Waals surface area contributed by atoms with E-state index in [1.165, 1.54) is 11.3 Å². The van der Waals surface area contributed by atoms with Crippen LogP contribution in [0.2, 0.25) is 0 Å². The Morgan fingerprint density at radius 2 is 2.07 bits per heavy atom. The number of methoxy groups -OCH3 is 1. The topological polar surface area (TPSA) is 77.7 Å². The van der Waals surface area contributed by atoms with Crippen molar-refractivity contribution in [3.8, 4) is 16.5 Å². The molecule has 0 unspecified atom stereocenters. The summed E-state index contributed by atoms with van der Waals surface area (Å²) in [5, 5.41) is 10.0. The molecule has 2 heterocycles. The lowest BCUT2D eigenvalue weighted by Gasteiger charge is -2.20. The third-order valence-electron chi connectivity index (χ3n) is 3.62. The first-order chi connectivity index (χ1) is 13.2. The van der Waals surface area contributed by atoms with Crippen molar-refractivity contribution >= 4 is 33.2 Å². The van der Waals surface area contributed by atoms with Crippen molar-refractivity contribution in [1.82, 2.24) is 15.1 Å². The van der Waals surface area contributed by atoms with Gasteiger partial charge in [0, 0.05) is 18.1 Å². The average Bonchev–Trinajstić information content (AvgIpc) is 3.36. The van der Waals surface area contributed by atoms with E-state index in [2.05, 4.69) is 26.1 Å². The number of thiophene rings is 1. The minimum absolute atomic E-state index is 0.0860. The Morgan fingerprint density at radius 1 is 1.26 bits per heavy atom. The van der Waals surface area contributed by atoms with Crippen LogP contribution in [-0.4, -0.2) is 47.9 Å². The summed E-state index contributed by atoms with van der Waals surface area (Å²) >= 11 is 4.88. The molecule has 0 N–H and O–H groups in total. The first kappa shape index (κ1) is 19.5. The van der Waals surface area contributed by atoms with E-state index in [9.17, 15) is 4.79 Å². The molecule has 1 aromatic carbocycles. The molecule has 1 amide bonds. The van der Waals surface area contributed by atoms with E-state index < -0.39 is 0 Å². The summed E-state index contributed by atoms with van der Waals surface area (Å²) in [7, 11) is 1.59. The Balaban J connectivity index is 1.62. The fourth-order valence-electron chi connectivity index (χ4n) is 2.24. The molecule has 0 saturated heterocycles. The molecule has 3 aromatic rings. The number of amides is 1. The van der Waals surface area contributed by atoms with Gasteiger partial charge in [-0.25, -0.2) is 0 Å². The molecule has 142 valence electrons. The van der Waals surface area contributed by atoms with E-state index in [1.807, 2.05) is 29.6 Å². The molecule has 7 nitrogen and oxygen atoms in total. The van der Waals surface area contributed by atoms with Crippen LogP contribution in [0.25, 0.3) is 10.8 Å². The third kappa shape index (κ3) is 5.62. The highest BCUT2D eigenvalue weighted by Crippen LogP contribution is 2.23. The quantitative estimate of drug-likeness (QED) is 0.494. The van der Waals surface area contributed by atoms with E-state index in [1.54, 1.807) is 24.1 Å². The van der Waals surface area contributed by atoms with Gasteiger partial charge >= 0.3 is 0 Å². The third-order valence-corrected chi connectivity index (χ3v) is 5.01. The minimum atomic E-state index is -0.189. The molecule has 0 radical (unpaired) electrons. The maximum atomic E-state index is 12.6. The molecule has 3 rings (SSSR count). The first-order valence-corrected chi connectivity index (χ1v) is 9.84. The molecule has 0 aliphatic carbocycles. The summed E-state index contributed by atoms with van der Waals surface area (Å²) in [6, 6.07) is 11.1. The molecular formula is C18H18BrN3O4S. The van der Waals surface area contributed by atoms with Gasteiger partial charge in [-0.05, 0) is 35.7 Å². The first-order valence-electron chi connectivity index (χ1n) is 8.17. The maximum absolute atomic E-state index is 12.6. The number of hydrogen-bond acceptors (Lipinski definition) is 7. The molecule has 27 heavy (non-hydrogen) atoms. The molecule has 0 aliphatic heterocycles. The molecule has 0 spiro atoms. The smallest absolute Gasteiger partial charge is 0.261 e. The highest BCUT2D eigenvalue weighted by atomic mass is 79.9. The molecular weight excluding hydrogens is 434 g/mol. The monoisotopic (exact) mass is 451 g/mol. The van der Waals surface area contributed by atoms with Crippen LogP contribution in [0.5, 0.6) is 5.75 Å². The zero-order valence-electron chi connectivity index (χ0n) is 14.6. The predicted octanol–water partition coefficient (Wildman–Crippen LogP) is 3.61. The van der Waals surface area contributed by atoms with Crippen molar-refractivity contribution in [3.63, 3.8) is 0 Å². The summed E-state index contributed by atoms with van der Waals surface area (Å²) in [4.78, 5) is 15.0. The summed E-state index contributed by atoms with van der Waals surface area (Å²) < 4.78 is 17.3. The summed E-state index contributed by atoms with van der Waals surface area (Å²) in [6.07, 6.45) is 0. The van der Waals surface area contributed by atoms with E-state index >= 15 is 0 Å². The van der Waals surface area contributed by atoms with Crippen molar-refractivity contribution in [2.45, 2.75) is 6.54 Å². The average molecular weight is 452 g/mol. The SMILES string of the molecule is COCCN(Cc1nnc(-c2cccs2)o1)C(=O)COc1ccc(Br)cc1. The lowest BCUT2D eigenvalue weighted by Crippen LogP contribution is -2.37. The number of rotatable bonds is 9. The van der Waals surface area contributed by atoms with Gasteiger partial charge in [0.25, 0.3) is 11.8 Å². The maximum Gasteiger partial charge on any atom is 0.261 e.